The van der Waals surface area contributed by atoms with Gasteiger partial charge in [0.15, 0.2) is 0 Å². The Hall–Kier alpha value is -1.35. The molecule has 1 rings (SSSR count). The van der Waals surface area contributed by atoms with E-state index < -0.39 is 0 Å². The van der Waals surface area contributed by atoms with Gasteiger partial charge in [-0.25, -0.2) is 4.79 Å². The van der Waals surface area contributed by atoms with Crippen LogP contribution >= 0.6 is 0 Å². The minimum Gasteiger partial charge on any atom is -0.462 e. The largest absolute Gasteiger partial charge is 0.462 e. The highest BCUT2D eigenvalue weighted by Crippen LogP contribution is 2.07. The predicted octanol–water partition coefficient (Wildman–Crippen LogP) is 1.63. The smallest absolute Gasteiger partial charge is 0.338 e. The Balaban J connectivity index is 2.69. The quantitative estimate of drug-likeness (QED) is 0.746. The second-order valence-corrected chi connectivity index (χ2v) is 3.27. The Kier molecular flexibility index (Phi) is 4.84. The lowest BCUT2D eigenvalue weighted by Crippen LogP contribution is -2.11. The summed E-state index contributed by atoms with van der Waals surface area (Å²) in [6.07, 6.45) is 0.920. The molecule has 0 radical (unpaired) electrons. The molecule has 1 N–H and O–H groups in total. The first-order valence-corrected chi connectivity index (χ1v) is 5.18. The number of esters is 1. The highest BCUT2D eigenvalue weighted by Gasteiger charge is 2.05. The molecule has 0 aliphatic heterocycles. The van der Waals surface area contributed by atoms with E-state index >= 15 is 0 Å². The molecule has 0 atom stereocenters. The van der Waals surface area contributed by atoms with Crippen LogP contribution in [0.1, 0.15) is 22.8 Å². The lowest BCUT2D eigenvalue weighted by Gasteiger charge is -2.04. The van der Waals surface area contributed by atoms with E-state index in [0.717, 1.165) is 18.5 Å². The summed E-state index contributed by atoms with van der Waals surface area (Å²) >= 11 is 0. The fraction of sp³-hybridized carbons (Fsp3) is 0.417. The van der Waals surface area contributed by atoms with Gasteiger partial charge in [0.25, 0.3) is 0 Å². The van der Waals surface area contributed by atoms with Crippen LogP contribution < -0.4 is 5.32 Å². The average molecular weight is 207 g/mol. The minimum atomic E-state index is -0.246. The standard InChI is InChI=1S/C12H17NO2/c1-3-15-12(14)11-6-4-5-10(9-11)7-8-13-2/h4-6,9,13H,3,7-8H2,1-2H3. The summed E-state index contributed by atoms with van der Waals surface area (Å²) in [6, 6.07) is 7.56. The number of likely N-dealkylation sites (N-methyl/N-ethyl adjacent to an activating group) is 1. The molecule has 0 fully saturated rings. The number of hydrogen-bond donors (Lipinski definition) is 1. The third-order valence-corrected chi connectivity index (χ3v) is 2.10. The monoisotopic (exact) mass is 207 g/mol. The van der Waals surface area contributed by atoms with E-state index in [9.17, 15) is 4.79 Å². The molecule has 0 amide bonds. The van der Waals surface area contributed by atoms with E-state index in [-0.39, 0.29) is 5.97 Å². The Morgan fingerprint density at radius 2 is 2.27 bits per heavy atom. The first-order valence-electron chi connectivity index (χ1n) is 5.18. The summed E-state index contributed by atoms with van der Waals surface area (Å²) in [5.41, 5.74) is 1.78. The molecule has 3 heteroatoms. The van der Waals surface area contributed by atoms with Crippen LogP contribution in [0.2, 0.25) is 0 Å². The molecule has 0 bridgehead atoms. The normalized spacial score (nSPS) is 10.0. The fourth-order valence-corrected chi connectivity index (χ4v) is 1.34. The number of carbonyl (C=O) groups excluding carboxylic acids is 1. The molecule has 1 aromatic rings. The second-order valence-electron chi connectivity index (χ2n) is 3.27. The zero-order valence-corrected chi connectivity index (χ0v) is 9.25. The average Bonchev–Trinajstić information content (AvgIpc) is 2.27. The van der Waals surface area contributed by atoms with Gasteiger partial charge in [-0.2, -0.15) is 0 Å². The van der Waals surface area contributed by atoms with Crippen molar-refractivity contribution in [3.8, 4) is 0 Å². The molecule has 82 valence electrons. The van der Waals surface area contributed by atoms with Gasteiger partial charge in [0, 0.05) is 0 Å². The maximum absolute atomic E-state index is 11.4. The Bertz CT molecular complexity index is 323. The van der Waals surface area contributed by atoms with Crippen molar-refractivity contribution < 1.29 is 9.53 Å². The van der Waals surface area contributed by atoms with Gasteiger partial charge in [0.05, 0.1) is 12.2 Å². The molecule has 0 aliphatic rings. The molecule has 15 heavy (non-hydrogen) atoms. The molecule has 0 spiro atoms. The van der Waals surface area contributed by atoms with Crippen LogP contribution in [-0.4, -0.2) is 26.2 Å². The number of benzene rings is 1. The summed E-state index contributed by atoms with van der Waals surface area (Å²) in [7, 11) is 1.91. The van der Waals surface area contributed by atoms with Crippen molar-refractivity contribution in [2.45, 2.75) is 13.3 Å². The van der Waals surface area contributed by atoms with Crippen molar-refractivity contribution in [2.75, 3.05) is 20.2 Å². The molecule has 0 aromatic heterocycles. The number of nitrogens with one attached hydrogen (secondary N) is 1. The Morgan fingerprint density at radius 1 is 1.47 bits per heavy atom. The maximum atomic E-state index is 11.4. The highest BCUT2D eigenvalue weighted by molar-refractivity contribution is 5.89. The Labute approximate surface area is 90.4 Å². The van der Waals surface area contributed by atoms with Crippen molar-refractivity contribution in [3.05, 3.63) is 35.4 Å². The summed E-state index contributed by atoms with van der Waals surface area (Å²) in [5.74, 6) is -0.246. The third kappa shape index (κ3) is 3.72. The number of rotatable bonds is 5. The number of hydrogen-bond acceptors (Lipinski definition) is 3. The zero-order chi connectivity index (χ0) is 11.1. The number of ether oxygens (including phenoxy) is 1. The maximum Gasteiger partial charge on any atom is 0.338 e. The highest BCUT2D eigenvalue weighted by atomic mass is 16.5. The summed E-state index contributed by atoms with van der Waals surface area (Å²) in [6.45, 7) is 3.13. The van der Waals surface area contributed by atoms with E-state index in [2.05, 4.69) is 5.32 Å². The molecular formula is C12H17NO2. The first-order chi connectivity index (χ1) is 7.27. The van der Waals surface area contributed by atoms with Crippen LogP contribution in [0.5, 0.6) is 0 Å². The molecule has 0 saturated heterocycles. The molecule has 0 saturated carbocycles. The molecule has 1 aromatic carbocycles. The lowest BCUT2D eigenvalue weighted by molar-refractivity contribution is 0.0526. The van der Waals surface area contributed by atoms with Gasteiger partial charge >= 0.3 is 5.97 Å². The number of carbonyl (C=O) groups is 1. The molecular weight excluding hydrogens is 190 g/mol. The van der Waals surface area contributed by atoms with Gasteiger partial charge in [-0.15, -0.1) is 0 Å². The van der Waals surface area contributed by atoms with E-state index in [0.29, 0.717) is 12.2 Å². The van der Waals surface area contributed by atoms with E-state index in [4.69, 9.17) is 4.74 Å². The predicted molar refractivity (Wildman–Crippen MR) is 60.0 cm³/mol. The van der Waals surface area contributed by atoms with Crippen molar-refractivity contribution in [1.29, 1.82) is 0 Å². The van der Waals surface area contributed by atoms with Crippen molar-refractivity contribution >= 4 is 5.97 Å². The van der Waals surface area contributed by atoms with E-state index in [1.54, 1.807) is 6.07 Å². The summed E-state index contributed by atoms with van der Waals surface area (Å²) in [4.78, 5) is 11.4. The van der Waals surface area contributed by atoms with Crippen LogP contribution in [0.3, 0.4) is 0 Å². The van der Waals surface area contributed by atoms with Crippen LogP contribution in [0.4, 0.5) is 0 Å². The van der Waals surface area contributed by atoms with Crippen molar-refractivity contribution in [2.24, 2.45) is 0 Å². The Morgan fingerprint density at radius 3 is 2.93 bits per heavy atom. The molecule has 3 nitrogen and oxygen atoms in total. The first kappa shape index (κ1) is 11.7. The third-order valence-electron chi connectivity index (χ3n) is 2.10. The zero-order valence-electron chi connectivity index (χ0n) is 9.25. The fourth-order valence-electron chi connectivity index (χ4n) is 1.34. The van der Waals surface area contributed by atoms with Crippen molar-refractivity contribution in [3.63, 3.8) is 0 Å². The van der Waals surface area contributed by atoms with E-state index in [1.165, 1.54) is 0 Å². The van der Waals surface area contributed by atoms with Gasteiger partial charge in [0.1, 0.15) is 0 Å². The van der Waals surface area contributed by atoms with Crippen LogP contribution in [-0.2, 0) is 11.2 Å². The SMILES string of the molecule is CCOC(=O)c1cccc(CCNC)c1. The van der Waals surface area contributed by atoms with Gasteiger partial charge in [-0.1, -0.05) is 12.1 Å². The van der Waals surface area contributed by atoms with Gasteiger partial charge in [-0.3, -0.25) is 0 Å². The van der Waals surface area contributed by atoms with Gasteiger partial charge in [0.2, 0.25) is 0 Å². The van der Waals surface area contributed by atoms with Gasteiger partial charge < -0.3 is 10.1 Å². The molecule has 0 aliphatic carbocycles. The topological polar surface area (TPSA) is 38.3 Å². The lowest BCUT2D eigenvalue weighted by atomic mass is 10.1. The minimum absolute atomic E-state index is 0.246. The van der Waals surface area contributed by atoms with Crippen LogP contribution in [0, 0.1) is 0 Å². The van der Waals surface area contributed by atoms with Crippen molar-refractivity contribution in [1.82, 2.24) is 5.32 Å². The van der Waals surface area contributed by atoms with Gasteiger partial charge in [-0.05, 0) is 44.6 Å². The molecule has 0 unspecified atom stereocenters. The second kappa shape index (κ2) is 6.19. The molecule has 0 heterocycles. The van der Waals surface area contributed by atoms with Crippen LogP contribution in [0.15, 0.2) is 24.3 Å². The summed E-state index contributed by atoms with van der Waals surface area (Å²) < 4.78 is 4.93. The summed E-state index contributed by atoms with van der Waals surface area (Å²) in [5, 5.41) is 3.07. The van der Waals surface area contributed by atoms with E-state index in [1.807, 2.05) is 32.2 Å². The van der Waals surface area contributed by atoms with Crippen LogP contribution in [0.25, 0.3) is 0 Å².